The van der Waals surface area contributed by atoms with Crippen molar-refractivity contribution in [3.8, 4) is 0 Å². The van der Waals surface area contributed by atoms with Crippen LogP contribution in [0.4, 0.5) is 0 Å². The van der Waals surface area contributed by atoms with Gasteiger partial charge in [-0.2, -0.15) is 0 Å². The molecule has 1 heterocycles. The molecule has 0 fully saturated rings. The van der Waals surface area contributed by atoms with Gasteiger partial charge in [0, 0.05) is 0 Å². The summed E-state index contributed by atoms with van der Waals surface area (Å²) in [5.74, 6) is 0. The Kier molecular flexibility index (Phi) is 13.8. The second-order valence-electron chi connectivity index (χ2n) is 7.98. The molecule has 1 atom stereocenters. The second-order valence-corrected chi connectivity index (χ2v) is 7.98. The first kappa shape index (κ1) is 22.3. The van der Waals surface area contributed by atoms with Gasteiger partial charge in [-0.1, -0.05) is 84.5 Å². The normalized spacial score (nSPS) is 12.6. The van der Waals surface area contributed by atoms with Gasteiger partial charge in [-0.25, -0.2) is 9.13 Å². The first-order valence-electron chi connectivity index (χ1n) is 11.3. The third-order valence-electron chi connectivity index (χ3n) is 5.47. The van der Waals surface area contributed by atoms with Gasteiger partial charge in [0.1, 0.15) is 12.4 Å². The zero-order chi connectivity index (χ0) is 18.2. The maximum Gasteiger partial charge on any atom is 0.243 e. The average Bonchev–Trinajstić information content (AvgIpc) is 3.09. The number of hydrogen-bond donors (Lipinski definition) is 0. The van der Waals surface area contributed by atoms with Crippen LogP contribution >= 0.6 is 0 Å². The maximum absolute atomic E-state index is 2.42. The van der Waals surface area contributed by atoms with Crippen molar-refractivity contribution < 1.29 is 4.57 Å². The minimum atomic E-state index is 0.644. The highest BCUT2D eigenvalue weighted by Crippen LogP contribution is 2.16. The molecule has 0 aliphatic carbocycles. The fourth-order valence-corrected chi connectivity index (χ4v) is 3.60. The van der Waals surface area contributed by atoms with Crippen LogP contribution < -0.4 is 4.57 Å². The van der Waals surface area contributed by atoms with Crippen LogP contribution in [0.1, 0.15) is 123 Å². The summed E-state index contributed by atoms with van der Waals surface area (Å²) in [6.45, 7) is 8.13. The third kappa shape index (κ3) is 11.4. The highest BCUT2D eigenvalue weighted by atomic mass is 15.1. The molecule has 0 saturated carbocycles. The Morgan fingerprint density at radius 1 is 0.720 bits per heavy atom. The number of hydrogen-bond acceptors (Lipinski definition) is 0. The third-order valence-corrected chi connectivity index (χ3v) is 5.47. The number of unbranched alkanes of at least 4 members (excludes halogenated alkanes) is 12. The number of aryl methyl sites for hydroxylation is 1. The van der Waals surface area contributed by atoms with E-state index in [4.69, 9.17) is 0 Å². The van der Waals surface area contributed by atoms with Gasteiger partial charge < -0.3 is 0 Å². The minimum Gasteiger partial charge on any atom is -0.237 e. The summed E-state index contributed by atoms with van der Waals surface area (Å²) in [5.41, 5.74) is 0. The lowest BCUT2D eigenvalue weighted by Crippen LogP contribution is -2.31. The molecule has 0 bridgehead atoms. The molecule has 1 unspecified atom stereocenters. The van der Waals surface area contributed by atoms with Crippen molar-refractivity contribution in [2.24, 2.45) is 0 Å². The average molecular weight is 350 g/mol. The van der Waals surface area contributed by atoms with Gasteiger partial charge in [0.25, 0.3) is 0 Å². The number of imidazole rings is 1. The van der Waals surface area contributed by atoms with E-state index in [1.165, 1.54) is 103 Å². The predicted octanol–water partition coefficient (Wildman–Crippen LogP) is 7.23. The van der Waals surface area contributed by atoms with E-state index in [0.29, 0.717) is 6.04 Å². The van der Waals surface area contributed by atoms with E-state index in [1.807, 2.05) is 0 Å². The van der Waals surface area contributed by atoms with Crippen molar-refractivity contribution in [3.05, 3.63) is 18.7 Å². The Hall–Kier alpha value is -0.790. The molecule has 1 aromatic rings. The SMILES string of the molecule is CCCCCCCCCCC(C)n1cc[n+](CCCCCCCC)c1. The molecule has 0 N–H and O–H groups in total. The molecule has 0 saturated heterocycles. The molecule has 2 heteroatoms. The second kappa shape index (κ2) is 15.5. The van der Waals surface area contributed by atoms with E-state index < -0.39 is 0 Å². The van der Waals surface area contributed by atoms with Crippen LogP contribution in [-0.4, -0.2) is 4.57 Å². The molecule has 1 aromatic heterocycles. The molecule has 146 valence electrons. The summed E-state index contributed by atoms with van der Waals surface area (Å²) in [6.07, 6.45) is 27.8. The van der Waals surface area contributed by atoms with E-state index in [2.05, 4.69) is 48.6 Å². The lowest BCUT2D eigenvalue weighted by molar-refractivity contribution is -0.697. The summed E-state index contributed by atoms with van der Waals surface area (Å²) >= 11 is 0. The van der Waals surface area contributed by atoms with Gasteiger partial charge in [0.05, 0.1) is 12.6 Å². The largest absolute Gasteiger partial charge is 0.243 e. The smallest absolute Gasteiger partial charge is 0.237 e. The first-order valence-corrected chi connectivity index (χ1v) is 11.3. The van der Waals surface area contributed by atoms with Gasteiger partial charge in [-0.3, -0.25) is 0 Å². The number of aromatic nitrogens is 2. The Morgan fingerprint density at radius 3 is 1.84 bits per heavy atom. The quantitative estimate of drug-likeness (QED) is 0.207. The highest BCUT2D eigenvalue weighted by Gasteiger charge is 2.11. The van der Waals surface area contributed by atoms with E-state index in [1.54, 1.807) is 0 Å². The molecule has 0 amide bonds. The molecular weight excluding hydrogens is 304 g/mol. The number of nitrogens with zero attached hydrogens (tertiary/aromatic N) is 2. The van der Waals surface area contributed by atoms with Gasteiger partial charge in [-0.05, 0) is 32.6 Å². The fraction of sp³-hybridized carbons (Fsp3) is 0.870. The van der Waals surface area contributed by atoms with Crippen LogP contribution in [0.5, 0.6) is 0 Å². The summed E-state index contributed by atoms with van der Waals surface area (Å²) in [5, 5.41) is 0. The van der Waals surface area contributed by atoms with Crippen molar-refractivity contribution in [2.45, 2.75) is 130 Å². The van der Waals surface area contributed by atoms with Gasteiger partial charge in [0.15, 0.2) is 0 Å². The predicted molar refractivity (Wildman–Crippen MR) is 110 cm³/mol. The topological polar surface area (TPSA) is 8.81 Å². The van der Waals surface area contributed by atoms with Gasteiger partial charge in [-0.15, -0.1) is 0 Å². The lowest BCUT2D eigenvalue weighted by atomic mass is 10.1. The molecule has 0 aromatic carbocycles. The summed E-state index contributed by atoms with van der Waals surface area (Å²) in [7, 11) is 0. The zero-order valence-electron chi connectivity index (χ0n) is 17.5. The van der Waals surface area contributed by atoms with Crippen LogP contribution in [0.3, 0.4) is 0 Å². The van der Waals surface area contributed by atoms with Crippen LogP contribution in [0.2, 0.25) is 0 Å². The van der Waals surface area contributed by atoms with E-state index >= 15 is 0 Å². The Labute approximate surface area is 158 Å². The molecule has 0 spiro atoms. The van der Waals surface area contributed by atoms with Gasteiger partial charge >= 0.3 is 0 Å². The first-order chi connectivity index (χ1) is 12.3. The summed E-state index contributed by atoms with van der Waals surface area (Å²) in [6, 6.07) is 0.644. The van der Waals surface area contributed by atoms with Crippen LogP contribution in [0.15, 0.2) is 18.7 Å². The van der Waals surface area contributed by atoms with Gasteiger partial charge in [0.2, 0.25) is 6.33 Å². The molecule has 0 aliphatic rings. The lowest BCUT2D eigenvalue weighted by Gasteiger charge is -2.08. The fourth-order valence-electron chi connectivity index (χ4n) is 3.60. The molecule has 1 rings (SSSR count). The van der Waals surface area contributed by atoms with E-state index in [0.717, 1.165) is 0 Å². The zero-order valence-corrected chi connectivity index (χ0v) is 17.5. The summed E-state index contributed by atoms with van der Waals surface area (Å²) < 4.78 is 4.79. The van der Waals surface area contributed by atoms with Crippen LogP contribution in [0, 0.1) is 0 Å². The van der Waals surface area contributed by atoms with Crippen LogP contribution in [-0.2, 0) is 6.54 Å². The monoisotopic (exact) mass is 349 g/mol. The number of rotatable bonds is 17. The molecular formula is C23H45N2+. The Bertz CT molecular complexity index is 397. The van der Waals surface area contributed by atoms with E-state index in [9.17, 15) is 0 Å². The maximum atomic E-state index is 2.42. The molecule has 0 aliphatic heterocycles. The van der Waals surface area contributed by atoms with Crippen molar-refractivity contribution in [3.63, 3.8) is 0 Å². The van der Waals surface area contributed by atoms with Crippen molar-refractivity contribution >= 4 is 0 Å². The molecule has 0 radical (unpaired) electrons. The van der Waals surface area contributed by atoms with E-state index in [-0.39, 0.29) is 0 Å². The Balaban J connectivity index is 2.06. The van der Waals surface area contributed by atoms with Crippen LogP contribution in [0.25, 0.3) is 0 Å². The highest BCUT2D eigenvalue weighted by molar-refractivity contribution is 4.72. The molecule has 2 nitrogen and oxygen atoms in total. The minimum absolute atomic E-state index is 0.644. The Morgan fingerprint density at radius 2 is 1.24 bits per heavy atom. The van der Waals surface area contributed by atoms with Crippen molar-refractivity contribution in [1.29, 1.82) is 0 Å². The molecule has 25 heavy (non-hydrogen) atoms. The van der Waals surface area contributed by atoms with Crippen molar-refractivity contribution in [1.82, 2.24) is 4.57 Å². The van der Waals surface area contributed by atoms with Crippen molar-refractivity contribution in [2.75, 3.05) is 0 Å². The standard InChI is InChI=1S/C23H45N2/c1-4-6-8-10-12-13-14-16-18-23(3)25-21-20-24(22-25)19-17-15-11-9-7-5-2/h20-23H,4-19H2,1-3H3/q+1. The summed E-state index contributed by atoms with van der Waals surface area (Å²) in [4.78, 5) is 0.